The molecule has 0 saturated carbocycles. The molecule has 3 aliphatic heterocycles. The molecule has 3 aliphatic rings. The molecule has 3 heterocycles. The van der Waals surface area contributed by atoms with Gasteiger partial charge in [-0.15, -0.1) is 0 Å². The molecule has 1 aromatic carbocycles. The fraction of sp³-hybridized carbons (Fsp3) is 0.462. The summed E-state index contributed by atoms with van der Waals surface area (Å²) < 4.78 is 31.8. The lowest BCUT2D eigenvalue weighted by Crippen LogP contribution is -2.50. The molecule has 0 N–H and O–H groups in total. The third-order valence-corrected chi connectivity index (χ3v) is 4.95. The summed E-state index contributed by atoms with van der Waals surface area (Å²) in [5.74, 6) is 0.708. The first-order chi connectivity index (χ1) is 9.55. The third-order valence-electron chi connectivity index (χ3n) is 3.61. The highest BCUT2D eigenvalue weighted by atomic mass is 31.2. The maximum Gasteiger partial charge on any atom is 0.474 e. The SMILES string of the molecule is COc1ccc(CC(=O)C23COP(=O)(OC2)OC3)cc1. The molecule has 108 valence electrons. The Hall–Kier alpha value is -1.20. The number of ketones is 1. The van der Waals surface area contributed by atoms with Gasteiger partial charge in [0.25, 0.3) is 0 Å². The van der Waals surface area contributed by atoms with Crippen molar-refractivity contribution >= 4 is 13.6 Å². The predicted octanol–water partition coefficient (Wildman–Crippen LogP) is 1.98. The van der Waals surface area contributed by atoms with Crippen molar-refractivity contribution in [1.29, 1.82) is 0 Å². The molecule has 1 aromatic rings. The molecule has 0 atom stereocenters. The Labute approximate surface area is 116 Å². The van der Waals surface area contributed by atoms with Crippen molar-refractivity contribution in [2.45, 2.75) is 6.42 Å². The van der Waals surface area contributed by atoms with Crippen LogP contribution in [-0.2, 0) is 29.4 Å². The summed E-state index contributed by atoms with van der Waals surface area (Å²) >= 11 is 0. The Morgan fingerprint density at radius 1 is 1.20 bits per heavy atom. The zero-order chi connectivity index (χ0) is 14.2. The van der Waals surface area contributed by atoms with E-state index in [0.717, 1.165) is 11.3 Å². The maximum atomic E-state index is 12.4. The lowest BCUT2D eigenvalue weighted by Gasteiger charge is -2.42. The molecular weight excluding hydrogens is 283 g/mol. The first kappa shape index (κ1) is 13.8. The fourth-order valence-corrected chi connectivity index (χ4v) is 3.64. The Morgan fingerprint density at radius 2 is 1.75 bits per heavy atom. The number of phosphoric ester groups is 1. The Bertz CT molecular complexity index is 535. The second-order valence-corrected chi connectivity index (χ2v) is 6.66. The molecule has 0 aliphatic carbocycles. The van der Waals surface area contributed by atoms with E-state index in [0.29, 0.717) is 0 Å². The van der Waals surface area contributed by atoms with Gasteiger partial charge in [0.15, 0.2) is 0 Å². The van der Waals surface area contributed by atoms with Gasteiger partial charge in [-0.05, 0) is 17.7 Å². The van der Waals surface area contributed by atoms with E-state index in [2.05, 4.69) is 0 Å². The second-order valence-electron chi connectivity index (χ2n) is 5.00. The van der Waals surface area contributed by atoms with Crippen molar-refractivity contribution in [2.75, 3.05) is 26.9 Å². The number of carbonyl (C=O) groups excluding carboxylic acids is 1. The molecule has 20 heavy (non-hydrogen) atoms. The van der Waals surface area contributed by atoms with Gasteiger partial charge in [0, 0.05) is 6.42 Å². The summed E-state index contributed by atoms with van der Waals surface area (Å²) in [7, 11) is -1.78. The molecule has 7 heteroatoms. The van der Waals surface area contributed by atoms with Crippen LogP contribution in [0.3, 0.4) is 0 Å². The monoisotopic (exact) mass is 298 g/mol. The van der Waals surface area contributed by atoms with Gasteiger partial charge in [-0.1, -0.05) is 12.1 Å². The van der Waals surface area contributed by atoms with Crippen molar-refractivity contribution < 1.29 is 27.7 Å². The molecule has 3 saturated heterocycles. The number of hydrogen-bond donors (Lipinski definition) is 0. The van der Waals surface area contributed by atoms with E-state index in [4.69, 9.17) is 18.3 Å². The average molecular weight is 298 g/mol. The lowest BCUT2D eigenvalue weighted by molar-refractivity contribution is -0.149. The average Bonchev–Trinajstić information content (AvgIpc) is 2.49. The van der Waals surface area contributed by atoms with Crippen LogP contribution in [0.15, 0.2) is 24.3 Å². The summed E-state index contributed by atoms with van der Waals surface area (Å²) in [5.41, 5.74) is 0.0380. The fourth-order valence-electron chi connectivity index (χ4n) is 2.20. The van der Waals surface area contributed by atoms with Crippen LogP contribution >= 0.6 is 7.82 Å². The summed E-state index contributed by atoms with van der Waals surface area (Å²) in [5, 5.41) is 0. The van der Waals surface area contributed by atoms with Crippen molar-refractivity contribution in [3.63, 3.8) is 0 Å². The van der Waals surface area contributed by atoms with Crippen LogP contribution in [0.5, 0.6) is 5.75 Å². The van der Waals surface area contributed by atoms with Crippen LogP contribution in [0.25, 0.3) is 0 Å². The number of hydrogen-bond acceptors (Lipinski definition) is 6. The van der Waals surface area contributed by atoms with E-state index < -0.39 is 13.2 Å². The number of rotatable bonds is 4. The van der Waals surface area contributed by atoms with Gasteiger partial charge in [0.05, 0.1) is 26.9 Å². The Balaban J connectivity index is 1.71. The molecule has 0 radical (unpaired) electrons. The molecule has 2 bridgehead atoms. The molecule has 3 fully saturated rings. The van der Waals surface area contributed by atoms with Crippen molar-refractivity contribution in [3.05, 3.63) is 29.8 Å². The van der Waals surface area contributed by atoms with Crippen LogP contribution in [-0.4, -0.2) is 32.7 Å². The second kappa shape index (κ2) is 4.97. The van der Waals surface area contributed by atoms with Gasteiger partial charge in [-0.25, -0.2) is 4.57 Å². The van der Waals surface area contributed by atoms with Crippen LogP contribution in [0.1, 0.15) is 5.56 Å². The van der Waals surface area contributed by atoms with Gasteiger partial charge >= 0.3 is 7.82 Å². The summed E-state index contributed by atoms with van der Waals surface area (Å²) in [6.45, 7) is 0.289. The highest BCUT2D eigenvalue weighted by Gasteiger charge is 2.54. The smallest absolute Gasteiger partial charge is 0.474 e. The van der Waals surface area contributed by atoms with Crippen molar-refractivity contribution in [3.8, 4) is 5.75 Å². The van der Waals surface area contributed by atoms with Crippen LogP contribution in [0, 0.1) is 5.41 Å². The number of fused-ring (bicyclic) bond motifs is 3. The zero-order valence-corrected chi connectivity index (χ0v) is 11.9. The van der Waals surface area contributed by atoms with Crippen LogP contribution < -0.4 is 4.74 Å². The minimum Gasteiger partial charge on any atom is -0.497 e. The van der Waals surface area contributed by atoms with E-state index in [9.17, 15) is 9.36 Å². The minimum absolute atomic E-state index is 0.0337. The number of benzene rings is 1. The molecule has 0 spiro atoms. The Kier molecular flexibility index (Phi) is 3.42. The molecule has 0 unspecified atom stereocenters. The highest BCUT2D eigenvalue weighted by molar-refractivity contribution is 7.48. The first-order valence-corrected chi connectivity index (χ1v) is 7.71. The largest absolute Gasteiger partial charge is 0.497 e. The molecular formula is C13H15O6P. The maximum absolute atomic E-state index is 12.4. The van der Waals surface area contributed by atoms with E-state index in [-0.39, 0.29) is 32.0 Å². The zero-order valence-electron chi connectivity index (χ0n) is 11.0. The van der Waals surface area contributed by atoms with Gasteiger partial charge in [0.1, 0.15) is 16.9 Å². The van der Waals surface area contributed by atoms with E-state index in [1.165, 1.54) is 0 Å². The topological polar surface area (TPSA) is 71.1 Å². The van der Waals surface area contributed by atoms with Gasteiger partial charge in [-0.3, -0.25) is 18.4 Å². The minimum atomic E-state index is -3.37. The normalized spacial score (nSPS) is 32.0. The van der Waals surface area contributed by atoms with E-state index >= 15 is 0 Å². The standard InChI is InChI=1S/C13H15O6P/c1-16-11-4-2-10(3-5-11)6-12(14)13-7-17-20(15,18-8-13)19-9-13/h2-5H,6-9H2,1H3. The summed E-state index contributed by atoms with van der Waals surface area (Å²) in [6.07, 6.45) is 0.254. The summed E-state index contributed by atoms with van der Waals surface area (Å²) in [6, 6.07) is 7.29. The first-order valence-electron chi connectivity index (χ1n) is 6.25. The molecule has 0 amide bonds. The Morgan fingerprint density at radius 3 is 2.25 bits per heavy atom. The van der Waals surface area contributed by atoms with Gasteiger partial charge < -0.3 is 4.74 Å². The lowest BCUT2D eigenvalue weighted by atomic mass is 9.83. The van der Waals surface area contributed by atoms with E-state index in [1.54, 1.807) is 19.2 Å². The van der Waals surface area contributed by atoms with Gasteiger partial charge in [0.2, 0.25) is 0 Å². The summed E-state index contributed by atoms with van der Waals surface area (Å²) in [4.78, 5) is 12.4. The van der Waals surface area contributed by atoms with E-state index in [1.807, 2.05) is 12.1 Å². The number of ether oxygens (including phenoxy) is 1. The quantitative estimate of drug-likeness (QED) is 0.792. The predicted molar refractivity (Wildman–Crippen MR) is 69.6 cm³/mol. The van der Waals surface area contributed by atoms with Crippen molar-refractivity contribution in [2.24, 2.45) is 5.41 Å². The molecule has 6 nitrogen and oxygen atoms in total. The molecule has 4 rings (SSSR count). The van der Waals surface area contributed by atoms with Gasteiger partial charge in [-0.2, -0.15) is 0 Å². The highest BCUT2D eigenvalue weighted by Crippen LogP contribution is 2.60. The van der Waals surface area contributed by atoms with Crippen molar-refractivity contribution in [1.82, 2.24) is 0 Å². The number of carbonyl (C=O) groups is 1. The molecule has 0 aromatic heterocycles. The third kappa shape index (κ3) is 2.40. The number of phosphoric acid groups is 1. The number of Topliss-reactive ketones (excluding diaryl/α,β-unsaturated/α-hetero) is 1. The van der Waals surface area contributed by atoms with Crippen LogP contribution in [0.4, 0.5) is 0 Å². The van der Waals surface area contributed by atoms with Crippen LogP contribution in [0.2, 0.25) is 0 Å². The number of methoxy groups -OCH3 is 1.